The van der Waals surface area contributed by atoms with Crippen molar-refractivity contribution in [2.45, 2.75) is 58.8 Å². The van der Waals surface area contributed by atoms with Gasteiger partial charge in [0.15, 0.2) is 5.78 Å². The first kappa shape index (κ1) is 21.7. The fraction of sp³-hybridized carbons (Fsp3) is 0.538. The lowest BCUT2D eigenvalue weighted by Gasteiger charge is -2.41. The van der Waals surface area contributed by atoms with Crippen LogP contribution in [-0.4, -0.2) is 43.8 Å². The Morgan fingerprint density at radius 2 is 1.71 bits per heavy atom. The molecule has 31 heavy (non-hydrogen) atoms. The van der Waals surface area contributed by atoms with Crippen LogP contribution >= 0.6 is 0 Å². The van der Waals surface area contributed by atoms with Crippen LogP contribution < -0.4 is 10.2 Å². The number of dihydropyridines is 1. The maximum atomic E-state index is 13.7. The molecule has 2 aliphatic heterocycles. The molecule has 2 heterocycles. The Labute approximate surface area is 186 Å². The zero-order chi connectivity index (χ0) is 22.3. The standard InChI is InChI=1S/C26H35N3O2/c1-17-22(25(31)29-13-7-6-8-14-29)23(18-9-11-19(12-10-18)28(4)5)24-20(27-17)15-26(2,3)16-21(24)30/h9-12,23,27H,6-8,13-16H2,1-5H3/t23-/m0/s1. The number of nitrogens with one attached hydrogen (secondary N) is 1. The van der Waals surface area contributed by atoms with Gasteiger partial charge in [-0.3, -0.25) is 9.59 Å². The van der Waals surface area contributed by atoms with E-state index in [4.69, 9.17) is 0 Å². The number of hydrogen-bond donors (Lipinski definition) is 1. The number of nitrogens with zero attached hydrogens (tertiary/aromatic N) is 2. The third-order valence-electron chi connectivity index (χ3n) is 6.86. The zero-order valence-electron chi connectivity index (χ0n) is 19.5. The second-order valence-corrected chi connectivity index (χ2v) is 10.3. The van der Waals surface area contributed by atoms with E-state index in [1.807, 2.05) is 25.9 Å². The molecule has 5 heteroatoms. The molecule has 0 bridgehead atoms. The molecule has 1 fully saturated rings. The summed E-state index contributed by atoms with van der Waals surface area (Å²) in [4.78, 5) is 31.2. The summed E-state index contributed by atoms with van der Waals surface area (Å²) in [5.41, 5.74) is 5.47. The minimum absolute atomic E-state index is 0.0725. The summed E-state index contributed by atoms with van der Waals surface area (Å²) in [6, 6.07) is 8.32. The Hall–Kier alpha value is -2.56. The average Bonchev–Trinajstić information content (AvgIpc) is 2.72. The molecular weight excluding hydrogens is 386 g/mol. The van der Waals surface area contributed by atoms with Gasteiger partial charge in [0.2, 0.25) is 0 Å². The molecule has 4 rings (SSSR count). The number of anilines is 1. The first-order chi connectivity index (χ1) is 14.7. The molecule has 0 spiro atoms. The van der Waals surface area contributed by atoms with Crippen LogP contribution in [0.2, 0.25) is 0 Å². The molecule has 1 aliphatic carbocycles. The molecule has 0 saturated carbocycles. The predicted molar refractivity (Wildman–Crippen MR) is 125 cm³/mol. The fourth-order valence-electron chi connectivity index (χ4n) is 5.29. The Balaban J connectivity index is 1.81. The number of piperidine rings is 1. The molecule has 0 unspecified atom stereocenters. The summed E-state index contributed by atoms with van der Waals surface area (Å²) >= 11 is 0. The number of allylic oxidation sites excluding steroid dienone is 3. The number of carbonyl (C=O) groups excluding carboxylic acids is 2. The fourth-order valence-corrected chi connectivity index (χ4v) is 5.29. The van der Waals surface area contributed by atoms with Crippen molar-refractivity contribution in [2.75, 3.05) is 32.1 Å². The summed E-state index contributed by atoms with van der Waals surface area (Å²) in [5.74, 6) is -0.0575. The second-order valence-electron chi connectivity index (χ2n) is 10.3. The van der Waals surface area contributed by atoms with Gasteiger partial charge in [0.25, 0.3) is 5.91 Å². The Morgan fingerprint density at radius 3 is 2.32 bits per heavy atom. The Morgan fingerprint density at radius 1 is 1.06 bits per heavy atom. The quantitative estimate of drug-likeness (QED) is 0.787. The number of carbonyl (C=O) groups is 2. The zero-order valence-corrected chi connectivity index (χ0v) is 19.5. The summed E-state index contributed by atoms with van der Waals surface area (Å²) in [5, 5.41) is 3.49. The molecule has 1 saturated heterocycles. The monoisotopic (exact) mass is 421 g/mol. The van der Waals surface area contributed by atoms with E-state index >= 15 is 0 Å². The van der Waals surface area contributed by atoms with Crippen molar-refractivity contribution in [3.8, 4) is 0 Å². The van der Waals surface area contributed by atoms with Crippen LogP contribution in [0.4, 0.5) is 5.69 Å². The first-order valence-corrected chi connectivity index (χ1v) is 11.5. The minimum atomic E-state index is -0.300. The van der Waals surface area contributed by atoms with Crippen molar-refractivity contribution in [3.63, 3.8) is 0 Å². The van der Waals surface area contributed by atoms with Gasteiger partial charge in [-0.05, 0) is 55.7 Å². The molecular formula is C26H35N3O2. The number of likely N-dealkylation sites (tertiary alicyclic amines) is 1. The normalized spacial score (nSPS) is 23.5. The smallest absolute Gasteiger partial charge is 0.252 e. The van der Waals surface area contributed by atoms with E-state index in [0.29, 0.717) is 6.42 Å². The average molecular weight is 422 g/mol. The molecule has 1 atom stereocenters. The molecule has 1 N–H and O–H groups in total. The van der Waals surface area contributed by atoms with E-state index in [2.05, 4.69) is 48.3 Å². The van der Waals surface area contributed by atoms with Crippen molar-refractivity contribution in [2.24, 2.45) is 5.41 Å². The van der Waals surface area contributed by atoms with E-state index in [9.17, 15) is 9.59 Å². The predicted octanol–water partition coefficient (Wildman–Crippen LogP) is 4.37. The van der Waals surface area contributed by atoms with Crippen LogP contribution in [0.1, 0.15) is 64.4 Å². The van der Waals surface area contributed by atoms with Crippen molar-refractivity contribution in [3.05, 3.63) is 52.4 Å². The highest BCUT2D eigenvalue weighted by atomic mass is 16.2. The Kier molecular flexibility index (Phi) is 5.71. The number of hydrogen-bond acceptors (Lipinski definition) is 4. The molecule has 1 aromatic carbocycles. The first-order valence-electron chi connectivity index (χ1n) is 11.5. The lowest BCUT2D eigenvalue weighted by molar-refractivity contribution is -0.128. The summed E-state index contributed by atoms with van der Waals surface area (Å²) in [7, 11) is 4.03. The lowest BCUT2D eigenvalue weighted by Crippen LogP contribution is -2.43. The van der Waals surface area contributed by atoms with Crippen LogP contribution in [0.15, 0.2) is 46.8 Å². The van der Waals surface area contributed by atoms with Gasteiger partial charge < -0.3 is 15.1 Å². The van der Waals surface area contributed by atoms with Crippen LogP contribution in [0.25, 0.3) is 0 Å². The third-order valence-corrected chi connectivity index (χ3v) is 6.86. The number of Topliss-reactive ketones (excluding diaryl/α,β-unsaturated/α-hetero) is 1. The van der Waals surface area contributed by atoms with Crippen molar-refractivity contribution >= 4 is 17.4 Å². The maximum absolute atomic E-state index is 13.7. The molecule has 1 amide bonds. The number of rotatable bonds is 3. The van der Waals surface area contributed by atoms with Gasteiger partial charge in [-0.25, -0.2) is 0 Å². The van der Waals surface area contributed by atoms with Crippen molar-refractivity contribution in [1.29, 1.82) is 0 Å². The van der Waals surface area contributed by atoms with Gasteiger partial charge >= 0.3 is 0 Å². The number of amides is 1. The van der Waals surface area contributed by atoms with Crippen LogP contribution in [0.5, 0.6) is 0 Å². The highest BCUT2D eigenvalue weighted by Crippen LogP contribution is 2.47. The maximum Gasteiger partial charge on any atom is 0.252 e. The van der Waals surface area contributed by atoms with Crippen LogP contribution in [0.3, 0.4) is 0 Å². The summed E-state index contributed by atoms with van der Waals surface area (Å²) < 4.78 is 0. The van der Waals surface area contributed by atoms with Gasteiger partial charge in [0.1, 0.15) is 0 Å². The van der Waals surface area contributed by atoms with Gasteiger partial charge in [0.05, 0.1) is 0 Å². The topological polar surface area (TPSA) is 52.7 Å². The molecule has 1 aromatic rings. The largest absolute Gasteiger partial charge is 0.378 e. The lowest BCUT2D eigenvalue weighted by atomic mass is 9.68. The highest BCUT2D eigenvalue weighted by Gasteiger charge is 2.43. The molecule has 3 aliphatic rings. The summed E-state index contributed by atoms with van der Waals surface area (Å²) in [6.45, 7) is 7.88. The van der Waals surface area contributed by atoms with Crippen LogP contribution in [0, 0.1) is 5.41 Å². The third kappa shape index (κ3) is 4.15. The SMILES string of the molecule is CC1=C(C(=O)N2CCCCC2)[C@H](c2ccc(N(C)C)cc2)C2=C(CC(C)(C)CC2=O)N1. The molecule has 0 aromatic heterocycles. The van der Waals surface area contributed by atoms with Crippen molar-refractivity contribution < 1.29 is 9.59 Å². The van der Waals surface area contributed by atoms with Crippen LogP contribution in [-0.2, 0) is 9.59 Å². The van der Waals surface area contributed by atoms with E-state index in [1.54, 1.807) is 0 Å². The summed E-state index contributed by atoms with van der Waals surface area (Å²) in [6.07, 6.45) is 4.62. The molecule has 166 valence electrons. The molecule has 0 radical (unpaired) electrons. The van der Waals surface area contributed by atoms with E-state index in [-0.39, 0.29) is 23.0 Å². The molecule has 5 nitrogen and oxygen atoms in total. The minimum Gasteiger partial charge on any atom is -0.378 e. The number of benzene rings is 1. The van der Waals surface area contributed by atoms with Gasteiger partial charge in [0, 0.05) is 67.8 Å². The number of ketones is 1. The van der Waals surface area contributed by atoms with E-state index in [1.165, 1.54) is 6.42 Å². The Bertz CT molecular complexity index is 947. The van der Waals surface area contributed by atoms with E-state index < -0.39 is 0 Å². The van der Waals surface area contributed by atoms with Gasteiger partial charge in [-0.1, -0.05) is 26.0 Å². The van der Waals surface area contributed by atoms with Gasteiger partial charge in [-0.15, -0.1) is 0 Å². The van der Waals surface area contributed by atoms with Gasteiger partial charge in [-0.2, -0.15) is 0 Å². The highest BCUT2D eigenvalue weighted by molar-refractivity contribution is 6.05. The second kappa shape index (κ2) is 8.18. The van der Waals surface area contributed by atoms with E-state index in [0.717, 1.165) is 66.1 Å². The van der Waals surface area contributed by atoms with Crippen molar-refractivity contribution in [1.82, 2.24) is 10.2 Å².